The summed E-state index contributed by atoms with van der Waals surface area (Å²) in [5.74, 6) is 0.996. The third-order valence-corrected chi connectivity index (χ3v) is 5.15. The van der Waals surface area contributed by atoms with Crippen LogP contribution in [-0.2, 0) is 9.53 Å². The fourth-order valence-corrected chi connectivity index (χ4v) is 3.59. The summed E-state index contributed by atoms with van der Waals surface area (Å²) < 4.78 is 17.1. The second kappa shape index (κ2) is 10.4. The second-order valence-corrected chi connectivity index (χ2v) is 7.65. The van der Waals surface area contributed by atoms with Gasteiger partial charge in [0.25, 0.3) is 0 Å². The third kappa shape index (κ3) is 7.26. The third-order valence-electron chi connectivity index (χ3n) is 3.44. The summed E-state index contributed by atoms with van der Waals surface area (Å²) >= 11 is 0. The minimum Gasteiger partial charge on any atom is -0.462 e. The van der Waals surface area contributed by atoms with E-state index in [9.17, 15) is 4.79 Å². The number of carbonyl (C=O) groups is 1. The van der Waals surface area contributed by atoms with E-state index in [0.717, 1.165) is 24.0 Å². The van der Waals surface area contributed by atoms with E-state index >= 15 is 0 Å². The van der Waals surface area contributed by atoms with Gasteiger partial charge >= 0.3 is 5.97 Å². The minimum absolute atomic E-state index is 0.262. The van der Waals surface area contributed by atoms with Crippen molar-refractivity contribution >= 4 is 15.5 Å². The van der Waals surface area contributed by atoms with E-state index in [0.29, 0.717) is 12.2 Å². The van der Waals surface area contributed by atoms with Gasteiger partial charge in [-0.05, 0) is 37.6 Å². The molecule has 0 radical (unpaired) electrons. The van der Waals surface area contributed by atoms with Crippen LogP contribution in [0.2, 0.25) is 6.04 Å². The van der Waals surface area contributed by atoms with E-state index in [1.807, 2.05) is 60.7 Å². The van der Waals surface area contributed by atoms with Gasteiger partial charge in [0.15, 0.2) is 0 Å². The van der Waals surface area contributed by atoms with Gasteiger partial charge in [-0.3, -0.25) is 0 Å². The van der Waals surface area contributed by atoms with Crippen LogP contribution in [0.1, 0.15) is 13.3 Å². The lowest BCUT2D eigenvalue weighted by Gasteiger charge is -2.20. The largest absolute Gasteiger partial charge is 0.462 e. The van der Waals surface area contributed by atoms with Crippen LogP contribution in [-0.4, -0.2) is 28.0 Å². The maximum Gasteiger partial charge on any atom is 0.333 e. The topological polar surface area (TPSA) is 44.8 Å². The monoisotopic (exact) mass is 356 g/mol. The first-order valence-corrected chi connectivity index (χ1v) is 10.2. The molecule has 132 valence electrons. The number of rotatable bonds is 10. The summed E-state index contributed by atoms with van der Waals surface area (Å²) in [6.07, 6.45) is 0.804. The zero-order chi connectivity index (χ0) is 17.9. The van der Waals surface area contributed by atoms with Gasteiger partial charge in [-0.15, -0.1) is 0 Å². The molecule has 2 aromatic rings. The first-order chi connectivity index (χ1) is 12.1. The Morgan fingerprint density at radius 3 is 2.00 bits per heavy atom. The Balaban J connectivity index is 1.84. The molecule has 0 spiro atoms. The Kier molecular flexibility index (Phi) is 7.79. The van der Waals surface area contributed by atoms with Gasteiger partial charge in [-0.25, -0.2) is 4.79 Å². The smallest absolute Gasteiger partial charge is 0.333 e. The number of esters is 1. The van der Waals surface area contributed by atoms with Crippen LogP contribution in [0.5, 0.6) is 11.5 Å². The standard InChI is InChI=1S/C20H24O4Si/c1-16(2)19(21)22-14-9-15-25-20(23-17-10-5-3-6-11-17)24-18-12-7-4-8-13-18/h3-8,10-13,20H,1,9,14-15,25H2,2H3. The Morgan fingerprint density at radius 2 is 1.52 bits per heavy atom. The van der Waals surface area contributed by atoms with E-state index in [1.54, 1.807) is 6.92 Å². The SMILES string of the molecule is C=C(C)C(=O)OCCC[SiH2]C(Oc1ccccc1)Oc1ccccc1. The van der Waals surface area contributed by atoms with Crippen molar-refractivity contribution in [3.8, 4) is 11.5 Å². The predicted octanol–water partition coefficient (Wildman–Crippen LogP) is 3.52. The highest BCUT2D eigenvalue weighted by atomic mass is 28.2. The predicted molar refractivity (Wildman–Crippen MR) is 102 cm³/mol. The molecule has 0 saturated carbocycles. The first kappa shape index (κ1) is 18.8. The van der Waals surface area contributed by atoms with Gasteiger partial charge in [0.1, 0.15) is 21.0 Å². The number of hydrogen-bond donors (Lipinski definition) is 0. The van der Waals surface area contributed by atoms with Crippen LogP contribution >= 0.6 is 0 Å². The number of ether oxygens (including phenoxy) is 3. The van der Waals surface area contributed by atoms with Crippen molar-refractivity contribution in [2.45, 2.75) is 25.3 Å². The lowest BCUT2D eigenvalue weighted by Crippen LogP contribution is -2.30. The van der Waals surface area contributed by atoms with E-state index < -0.39 is 9.52 Å². The molecule has 25 heavy (non-hydrogen) atoms. The molecule has 0 amide bonds. The van der Waals surface area contributed by atoms with Crippen molar-refractivity contribution in [1.29, 1.82) is 0 Å². The van der Waals surface area contributed by atoms with Crippen LogP contribution in [0.4, 0.5) is 0 Å². The van der Waals surface area contributed by atoms with Crippen molar-refractivity contribution in [3.05, 3.63) is 72.8 Å². The van der Waals surface area contributed by atoms with Gasteiger partial charge in [0, 0.05) is 5.57 Å². The quantitative estimate of drug-likeness (QED) is 0.215. The summed E-state index contributed by atoms with van der Waals surface area (Å²) in [7, 11) is -0.685. The Hall–Kier alpha value is -2.53. The van der Waals surface area contributed by atoms with E-state index in [4.69, 9.17) is 14.2 Å². The highest BCUT2D eigenvalue weighted by Gasteiger charge is 2.13. The van der Waals surface area contributed by atoms with Crippen molar-refractivity contribution in [2.75, 3.05) is 6.61 Å². The molecule has 0 bridgehead atoms. The average molecular weight is 356 g/mol. The molecule has 2 rings (SSSR count). The molecular weight excluding hydrogens is 332 g/mol. The summed E-state index contributed by atoms with van der Waals surface area (Å²) in [6, 6.07) is 20.3. The van der Waals surface area contributed by atoms with Gasteiger partial charge in [0.05, 0.1) is 6.61 Å². The Bertz CT molecular complexity index is 616. The molecule has 5 heteroatoms. The highest BCUT2D eigenvalue weighted by molar-refractivity contribution is 6.36. The average Bonchev–Trinajstić information content (AvgIpc) is 2.62. The molecular formula is C20H24O4Si. The molecule has 0 atom stereocenters. The summed E-state index contributed by atoms with van der Waals surface area (Å²) in [4.78, 5) is 11.4. The summed E-state index contributed by atoms with van der Waals surface area (Å²) in [6.45, 7) is 5.62. The molecule has 0 saturated heterocycles. The number of benzene rings is 2. The van der Waals surface area contributed by atoms with Crippen LogP contribution in [0, 0.1) is 0 Å². The summed E-state index contributed by atoms with van der Waals surface area (Å²) in [5, 5.41) is 0. The molecule has 0 aliphatic heterocycles. The number of hydrogen-bond acceptors (Lipinski definition) is 4. The minimum atomic E-state index is -0.685. The first-order valence-electron chi connectivity index (χ1n) is 8.41. The Morgan fingerprint density at radius 1 is 1.00 bits per heavy atom. The molecule has 4 nitrogen and oxygen atoms in total. The summed E-state index contributed by atoms with van der Waals surface area (Å²) in [5.41, 5.74) is 0.426. The molecule has 0 heterocycles. The van der Waals surface area contributed by atoms with Gasteiger partial charge in [-0.1, -0.05) is 49.0 Å². The van der Waals surface area contributed by atoms with Crippen molar-refractivity contribution in [2.24, 2.45) is 0 Å². The van der Waals surface area contributed by atoms with Crippen LogP contribution in [0.25, 0.3) is 0 Å². The fraction of sp³-hybridized carbons (Fsp3) is 0.250. The van der Waals surface area contributed by atoms with Gasteiger partial charge < -0.3 is 14.2 Å². The lowest BCUT2D eigenvalue weighted by molar-refractivity contribution is -0.138. The Labute approximate surface area is 151 Å². The van der Waals surface area contributed by atoms with Crippen molar-refractivity contribution in [1.82, 2.24) is 0 Å². The molecule has 2 aromatic carbocycles. The number of para-hydroxylation sites is 2. The van der Waals surface area contributed by atoms with Gasteiger partial charge in [-0.2, -0.15) is 0 Å². The normalized spacial score (nSPS) is 10.8. The molecule has 0 fully saturated rings. The van der Waals surface area contributed by atoms with Gasteiger partial charge in [0.2, 0.25) is 5.91 Å². The molecule has 0 N–H and O–H groups in total. The maximum absolute atomic E-state index is 11.4. The number of carbonyl (C=O) groups excluding carboxylic acids is 1. The van der Waals surface area contributed by atoms with Crippen molar-refractivity contribution < 1.29 is 19.0 Å². The molecule has 0 aromatic heterocycles. The highest BCUT2D eigenvalue weighted by Crippen LogP contribution is 2.16. The zero-order valence-electron chi connectivity index (χ0n) is 14.5. The maximum atomic E-state index is 11.4. The van der Waals surface area contributed by atoms with Crippen molar-refractivity contribution in [3.63, 3.8) is 0 Å². The van der Waals surface area contributed by atoms with Crippen LogP contribution in [0.15, 0.2) is 72.8 Å². The van der Waals surface area contributed by atoms with Crippen LogP contribution in [0.3, 0.4) is 0 Å². The van der Waals surface area contributed by atoms with Crippen LogP contribution < -0.4 is 9.47 Å². The van der Waals surface area contributed by atoms with E-state index in [1.165, 1.54) is 0 Å². The lowest BCUT2D eigenvalue weighted by atomic mass is 10.3. The molecule has 0 unspecified atom stereocenters. The van der Waals surface area contributed by atoms with E-state index in [-0.39, 0.29) is 11.9 Å². The fourth-order valence-electron chi connectivity index (χ4n) is 2.14. The second-order valence-electron chi connectivity index (χ2n) is 5.70. The zero-order valence-corrected chi connectivity index (χ0v) is 15.9. The molecule has 0 aliphatic carbocycles. The van der Waals surface area contributed by atoms with E-state index in [2.05, 4.69) is 6.58 Å². The molecule has 0 aliphatic rings.